The Morgan fingerprint density at radius 2 is 1.38 bits per heavy atom. The molecule has 0 saturated carbocycles. The molecule has 0 aromatic heterocycles. The van der Waals surface area contributed by atoms with Gasteiger partial charge in [0.1, 0.15) is 0 Å². The van der Waals surface area contributed by atoms with Crippen LogP contribution in [0.15, 0.2) is 72.8 Å². The van der Waals surface area contributed by atoms with Crippen LogP contribution in [0, 0.1) is 0 Å². The highest BCUT2D eigenvalue weighted by molar-refractivity contribution is 5.86. The van der Waals surface area contributed by atoms with Gasteiger partial charge in [-0.3, -0.25) is 0 Å². The molecule has 3 heteroatoms. The van der Waals surface area contributed by atoms with Crippen LogP contribution in [0.1, 0.15) is 37.1 Å². The SMILES string of the molecule is CC(NC(=O)NC(C)c1cccc2ccccc12)c1ccccc1. The number of carbonyl (C=O) groups excluding carboxylic acids is 1. The monoisotopic (exact) mass is 318 g/mol. The lowest BCUT2D eigenvalue weighted by Crippen LogP contribution is -2.38. The summed E-state index contributed by atoms with van der Waals surface area (Å²) in [6.45, 7) is 3.99. The molecule has 2 N–H and O–H groups in total. The molecule has 3 aromatic rings. The number of carbonyl (C=O) groups is 1. The van der Waals surface area contributed by atoms with Crippen LogP contribution in [0.4, 0.5) is 4.79 Å². The van der Waals surface area contributed by atoms with Crippen LogP contribution >= 0.6 is 0 Å². The Hall–Kier alpha value is -2.81. The van der Waals surface area contributed by atoms with Crippen molar-refractivity contribution in [1.29, 1.82) is 0 Å². The highest BCUT2D eigenvalue weighted by Crippen LogP contribution is 2.24. The third kappa shape index (κ3) is 3.57. The van der Waals surface area contributed by atoms with Gasteiger partial charge in [0.2, 0.25) is 0 Å². The summed E-state index contributed by atoms with van der Waals surface area (Å²) in [5.41, 5.74) is 2.21. The lowest BCUT2D eigenvalue weighted by Gasteiger charge is -2.20. The Bertz CT molecular complexity index is 824. The third-order valence-electron chi connectivity index (χ3n) is 4.28. The van der Waals surface area contributed by atoms with Gasteiger partial charge in [0, 0.05) is 0 Å². The summed E-state index contributed by atoms with van der Waals surface area (Å²) >= 11 is 0. The summed E-state index contributed by atoms with van der Waals surface area (Å²) < 4.78 is 0. The van der Waals surface area contributed by atoms with Gasteiger partial charge in [-0.25, -0.2) is 4.79 Å². The lowest BCUT2D eigenvalue weighted by molar-refractivity contribution is 0.235. The Labute approximate surface area is 142 Å². The average Bonchev–Trinajstić information content (AvgIpc) is 2.61. The Kier molecular flexibility index (Phi) is 4.80. The van der Waals surface area contributed by atoms with Crippen LogP contribution in [0.3, 0.4) is 0 Å². The van der Waals surface area contributed by atoms with Crippen molar-refractivity contribution < 1.29 is 4.79 Å². The van der Waals surface area contributed by atoms with E-state index < -0.39 is 0 Å². The first kappa shape index (κ1) is 16.1. The molecule has 0 aliphatic rings. The minimum Gasteiger partial charge on any atom is -0.332 e. The standard InChI is InChI=1S/C21H22N2O/c1-15(17-9-4-3-5-10-17)22-21(24)23-16(2)19-14-8-12-18-11-6-7-13-20(18)19/h3-16H,1-2H3,(H2,22,23,24). The lowest BCUT2D eigenvalue weighted by atomic mass is 10.00. The molecule has 0 saturated heterocycles. The summed E-state index contributed by atoms with van der Waals surface area (Å²) in [5, 5.41) is 8.39. The van der Waals surface area contributed by atoms with Gasteiger partial charge in [-0.2, -0.15) is 0 Å². The van der Waals surface area contributed by atoms with Crippen molar-refractivity contribution in [3.8, 4) is 0 Å². The second-order valence-corrected chi connectivity index (χ2v) is 6.04. The van der Waals surface area contributed by atoms with Crippen LogP contribution in [0.2, 0.25) is 0 Å². The van der Waals surface area contributed by atoms with Crippen molar-refractivity contribution in [1.82, 2.24) is 10.6 Å². The van der Waals surface area contributed by atoms with E-state index in [9.17, 15) is 4.79 Å². The summed E-state index contributed by atoms with van der Waals surface area (Å²) in [6.07, 6.45) is 0. The minimum absolute atomic E-state index is 0.0362. The van der Waals surface area contributed by atoms with E-state index in [-0.39, 0.29) is 18.1 Å². The first-order valence-corrected chi connectivity index (χ1v) is 8.25. The fraction of sp³-hybridized carbons (Fsp3) is 0.190. The molecule has 0 aliphatic heterocycles. The molecule has 0 fully saturated rings. The highest BCUT2D eigenvalue weighted by Gasteiger charge is 2.14. The molecule has 0 heterocycles. The van der Waals surface area contributed by atoms with Gasteiger partial charge in [0.25, 0.3) is 0 Å². The van der Waals surface area contributed by atoms with E-state index in [1.165, 1.54) is 10.8 Å². The smallest absolute Gasteiger partial charge is 0.315 e. The molecule has 2 unspecified atom stereocenters. The second kappa shape index (κ2) is 7.18. The number of fused-ring (bicyclic) bond motifs is 1. The van der Waals surface area contributed by atoms with Crippen molar-refractivity contribution in [2.24, 2.45) is 0 Å². The number of nitrogens with one attached hydrogen (secondary N) is 2. The zero-order chi connectivity index (χ0) is 16.9. The maximum atomic E-state index is 12.3. The largest absolute Gasteiger partial charge is 0.332 e. The highest BCUT2D eigenvalue weighted by atomic mass is 16.2. The van der Waals surface area contributed by atoms with Gasteiger partial charge in [-0.05, 0) is 35.7 Å². The zero-order valence-corrected chi connectivity index (χ0v) is 14.0. The van der Waals surface area contributed by atoms with E-state index in [0.717, 1.165) is 11.1 Å². The van der Waals surface area contributed by atoms with Crippen LogP contribution in [-0.2, 0) is 0 Å². The van der Waals surface area contributed by atoms with Gasteiger partial charge in [-0.1, -0.05) is 72.8 Å². The molecule has 0 bridgehead atoms. The van der Waals surface area contributed by atoms with Crippen molar-refractivity contribution in [3.05, 3.63) is 83.9 Å². The molecule has 2 amide bonds. The first-order chi connectivity index (χ1) is 11.6. The van der Waals surface area contributed by atoms with Crippen LogP contribution in [0.5, 0.6) is 0 Å². The zero-order valence-electron chi connectivity index (χ0n) is 14.0. The summed E-state index contributed by atoms with van der Waals surface area (Å²) in [5.74, 6) is 0. The normalized spacial score (nSPS) is 13.2. The Morgan fingerprint density at radius 3 is 2.17 bits per heavy atom. The fourth-order valence-corrected chi connectivity index (χ4v) is 2.97. The molecule has 24 heavy (non-hydrogen) atoms. The van der Waals surface area contributed by atoms with Gasteiger partial charge >= 0.3 is 6.03 Å². The van der Waals surface area contributed by atoms with E-state index in [2.05, 4.69) is 34.9 Å². The Morgan fingerprint density at radius 1 is 0.750 bits per heavy atom. The van der Waals surface area contributed by atoms with Gasteiger partial charge in [-0.15, -0.1) is 0 Å². The molecule has 3 aromatic carbocycles. The van der Waals surface area contributed by atoms with Crippen molar-refractivity contribution >= 4 is 16.8 Å². The summed E-state index contributed by atoms with van der Waals surface area (Å²) in [6, 6.07) is 24.1. The van der Waals surface area contributed by atoms with Crippen LogP contribution < -0.4 is 10.6 Å². The first-order valence-electron chi connectivity index (χ1n) is 8.25. The minimum atomic E-state index is -0.160. The third-order valence-corrected chi connectivity index (χ3v) is 4.28. The summed E-state index contributed by atoms with van der Waals surface area (Å²) in [7, 11) is 0. The van der Waals surface area contributed by atoms with Gasteiger partial charge < -0.3 is 10.6 Å². The molecule has 0 aliphatic carbocycles. The van der Waals surface area contributed by atoms with E-state index in [0.29, 0.717) is 0 Å². The second-order valence-electron chi connectivity index (χ2n) is 6.04. The topological polar surface area (TPSA) is 41.1 Å². The predicted molar refractivity (Wildman–Crippen MR) is 98.9 cm³/mol. The van der Waals surface area contributed by atoms with Gasteiger partial charge in [0.15, 0.2) is 0 Å². The van der Waals surface area contributed by atoms with Crippen molar-refractivity contribution in [3.63, 3.8) is 0 Å². The van der Waals surface area contributed by atoms with E-state index in [1.807, 2.05) is 62.4 Å². The number of urea groups is 1. The fourth-order valence-electron chi connectivity index (χ4n) is 2.97. The maximum Gasteiger partial charge on any atom is 0.315 e. The number of rotatable bonds is 4. The van der Waals surface area contributed by atoms with Gasteiger partial charge in [0.05, 0.1) is 12.1 Å². The molecule has 3 nitrogen and oxygen atoms in total. The van der Waals surface area contributed by atoms with Crippen LogP contribution in [-0.4, -0.2) is 6.03 Å². The maximum absolute atomic E-state index is 12.3. The predicted octanol–water partition coefficient (Wildman–Crippen LogP) is 4.96. The molecular formula is C21H22N2O. The number of hydrogen-bond donors (Lipinski definition) is 2. The molecule has 2 atom stereocenters. The van der Waals surface area contributed by atoms with E-state index in [1.54, 1.807) is 0 Å². The van der Waals surface area contributed by atoms with Crippen molar-refractivity contribution in [2.45, 2.75) is 25.9 Å². The molecule has 122 valence electrons. The average molecular weight is 318 g/mol. The van der Waals surface area contributed by atoms with E-state index in [4.69, 9.17) is 0 Å². The molecule has 0 spiro atoms. The van der Waals surface area contributed by atoms with Crippen molar-refractivity contribution in [2.75, 3.05) is 0 Å². The number of amides is 2. The number of benzene rings is 3. The quantitative estimate of drug-likeness (QED) is 0.701. The molecule has 3 rings (SSSR count). The summed E-state index contributed by atoms with van der Waals surface area (Å²) in [4.78, 5) is 12.3. The molecular weight excluding hydrogens is 296 g/mol. The number of hydrogen-bond acceptors (Lipinski definition) is 1. The molecule has 0 radical (unpaired) electrons. The van der Waals surface area contributed by atoms with E-state index >= 15 is 0 Å². The van der Waals surface area contributed by atoms with Crippen LogP contribution in [0.25, 0.3) is 10.8 Å². The Balaban J connectivity index is 1.70.